The fourth-order valence-corrected chi connectivity index (χ4v) is 1.63. The van der Waals surface area contributed by atoms with Crippen molar-refractivity contribution in [1.29, 1.82) is 0 Å². The van der Waals surface area contributed by atoms with E-state index in [1.54, 1.807) is 0 Å². The Balaban J connectivity index is 2.75. The molecular weight excluding hydrogens is 262 g/mol. The first-order valence-corrected chi connectivity index (χ1v) is 5.52. The molecule has 7 nitrogen and oxygen atoms in total. The van der Waals surface area contributed by atoms with Crippen LogP contribution in [0.2, 0.25) is 0 Å². The lowest BCUT2D eigenvalue weighted by Crippen LogP contribution is -2.11. The third-order valence-corrected chi connectivity index (χ3v) is 2.42. The lowest BCUT2D eigenvalue weighted by atomic mass is 10.2. The van der Waals surface area contributed by atoms with Crippen molar-refractivity contribution >= 4 is 28.2 Å². The average Bonchev–Trinajstić information content (AvgIpc) is 2.35. The van der Waals surface area contributed by atoms with E-state index in [4.69, 9.17) is 16.3 Å². The second kappa shape index (κ2) is 5.01. The van der Waals surface area contributed by atoms with Crippen LogP contribution in [0.4, 0.5) is 5.69 Å². The molecule has 8 heteroatoms. The van der Waals surface area contributed by atoms with E-state index in [0.29, 0.717) is 5.52 Å². The number of alkyl halides is 1. The van der Waals surface area contributed by atoms with Gasteiger partial charge in [0.2, 0.25) is 5.75 Å². The van der Waals surface area contributed by atoms with Crippen molar-refractivity contribution in [1.82, 2.24) is 9.97 Å². The van der Waals surface area contributed by atoms with Gasteiger partial charge in [-0.2, -0.15) is 0 Å². The summed E-state index contributed by atoms with van der Waals surface area (Å²) in [6.45, 7) is 0.0653. The molecule has 0 bridgehead atoms. The third-order valence-electron chi connectivity index (χ3n) is 2.26. The molecule has 0 fully saturated rings. The quantitative estimate of drug-likeness (QED) is 0.514. The molecule has 0 unspecified atom stereocenters. The summed E-state index contributed by atoms with van der Waals surface area (Å²) in [7, 11) is 0. The van der Waals surface area contributed by atoms with Crippen LogP contribution in [-0.4, -0.2) is 27.4 Å². The third kappa shape index (κ3) is 2.12. The molecular formula is C10H8ClN3O4. The van der Waals surface area contributed by atoms with Gasteiger partial charge in [-0.1, -0.05) is 0 Å². The Labute approximate surface area is 106 Å². The number of aromatic amines is 1. The first kappa shape index (κ1) is 12.3. The molecule has 0 radical (unpaired) electrons. The zero-order valence-corrected chi connectivity index (χ0v) is 9.81. The van der Waals surface area contributed by atoms with Crippen molar-refractivity contribution in [3.63, 3.8) is 0 Å². The van der Waals surface area contributed by atoms with Crippen LogP contribution in [0.25, 0.3) is 10.9 Å². The number of nitrogens with zero attached hydrogens (tertiary/aromatic N) is 2. The van der Waals surface area contributed by atoms with Gasteiger partial charge in [0.25, 0.3) is 5.56 Å². The van der Waals surface area contributed by atoms with Crippen molar-refractivity contribution in [3.8, 4) is 5.75 Å². The van der Waals surface area contributed by atoms with Gasteiger partial charge in [0.1, 0.15) is 12.0 Å². The highest BCUT2D eigenvalue weighted by Crippen LogP contribution is 2.32. The fraction of sp³-hybridized carbons (Fsp3) is 0.200. The number of ether oxygens (including phenoxy) is 1. The molecule has 1 aromatic carbocycles. The van der Waals surface area contributed by atoms with Gasteiger partial charge in [-0.25, -0.2) is 4.98 Å². The second-order valence-corrected chi connectivity index (χ2v) is 3.71. The van der Waals surface area contributed by atoms with Crippen LogP contribution in [0.3, 0.4) is 0 Å². The number of fused-ring (bicyclic) bond motifs is 1. The minimum atomic E-state index is -0.616. The number of hydrogen-bond donors (Lipinski definition) is 1. The highest BCUT2D eigenvalue weighted by atomic mass is 35.5. The Bertz CT molecular complexity index is 655. The number of nitro groups is 1. The number of nitrogens with one attached hydrogen (secondary N) is 1. The van der Waals surface area contributed by atoms with E-state index in [-0.39, 0.29) is 29.3 Å². The Hall–Kier alpha value is -2.15. The summed E-state index contributed by atoms with van der Waals surface area (Å²) in [6, 6.07) is 2.65. The lowest BCUT2D eigenvalue weighted by Gasteiger charge is -2.07. The number of hydrogen-bond acceptors (Lipinski definition) is 5. The fourth-order valence-electron chi connectivity index (χ4n) is 1.55. The molecule has 0 atom stereocenters. The number of aromatic nitrogens is 2. The maximum atomic E-state index is 11.7. The Kier molecular flexibility index (Phi) is 3.42. The molecule has 1 aromatic heterocycles. The number of nitro benzene ring substituents is 1. The summed E-state index contributed by atoms with van der Waals surface area (Å²) in [6.07, 6.45) is 1.22. The summed E-state index contributed by atoms with van der Waals surface area (Å²) in [4.78, 5) is 28.3. The van der Waals surface area contributed by atoms with E-state index < -0.39 is 10.5 Å². The van der Waals surface area contributed by atoms with Crippen molar-refractivity contribution in [2.75, 3.05) is 12.5 Å². The normalized spacial score (nSPS) is 10.5. The van der Waals surface area contributed by atoms with Gasteiger partial charge in [-0.3, -0.25) is 14.9 Å². The molecule has 2 rings (SSSR count). The van der Waals surface area contributed by atoms with E-state index >= 15 is 0 Å². The van der Waals surface area contributed by atoms with Crippen molar-refractivity contribution in [3.05, 3.63) is 38.9 Å². The zero-order valence-electron chi connectivity index (χ0n) is 9.05. The van der Waals surface area contributed by atoms with E-state index in [0.717, 1.165) is 0 Å². The first-order chi connectivity index (χ1) is 8.65. The molecule has 0 spiro atoms. The smallest absolute Gasteiger partial charge is 0.311 e. The van der Waals surface area contributed by atoms with Gasteiger partial charge >= 0.3 is 5.69 Å². The summed E-state index contributed by atoms with van der Waals surface area (Å²) in [5.74, 6) is 0.0543. The van der Waals surface area contributed by atoms with E-state index in [1.807, 2.05) is 0 Å². The van der Waals surface area contributed by atoms with Gasteiger partial charge in [0, 0.05) is 6.07 Å². The minimum absolute atomic E-state index is 0.0526. The van der Waals surface area contributed by atoms with Gasteiger partial charge < -0.3 is 9.72 Å². The van der Waals surface area contributed by atoms with Crippen LogP contribution < -0.4 is 10.3 Å². The monoisotopic (exact) mass is 269 g/mol. The molecule has 0 aliphatic rings. The standard InChI is InChI=1S/C10H8ClN3O4/c11-3-4-18-9-7(14(16)17)2-1-6-8(9)10(15)13-5-12-6/h1-2,5H,3-4H2,(H,12,13,15). The highest BCUT2D eigenvalue weighted by Gasteiger charge is 2.21. The van der Waals surface area contributed by atoms with Crippen molar-refractivity contribution < 1.29 is 9.66 Å². The summed E-state index contributed by atoms with van der Waals surface area (Å²) < 4.78 is 5.21. The Morgan fingerprint density at radius 1 is 1.50 bits per heavy atom. The van der Waals surface area contributed by atoms with Gasteiger partial charge in [0.15, 0.2) is 0 Å². The molecule has 0 amide bonds. The van der Waals surface area contributed by atoms with Crippen LogP contribution in [0.15, 0.2) is 23.3 Å². The number of rotatable bonds is 4. The SMILES string of the molecule is O=c1[nH]cnc2ccc([N+](=O)[O-])c(OCCCl)c12. The van der Waals surface area contributed by atoms with E-state index in [9.17, 15) is 14.9 Å². The molecule has 0 aliphatic heterocycles. The van der Waals surface area contributed by atoms with Crippen LogP contribution in [0, 0.1) is 10.1 Å². The summed E-state index contributed by atoms with van der Waals surface area (Å²) >= 11 is 5.48. The van der Waals surface area contributed by atoms with E-state index in [2.05, 4.69) is 9.97 Å². The Morgan fingerprint density at radius 3 is 2.94 bits per heavy atom. The van der Waals surface area contributed by atoms with E-state index in [1.165, 1.54) is 18.5 Å². The van der Waals surface area contributed by atoms with Gasteiger partial charge in [0.05, 0.1) is 22.6 Å². The maximum Gasteiger partial charge on any atom is 0.311 e. The largest absolute Gasteiger partial charge is 0.485 e. The molecule has 0 saturated heterocycles. The molecule has 1 N–H and O–H groups in total. The Morgan fingerprint density at radius 2 is 2.28 bits per heavy atom. The van der Waals surface area contributed by atoms with Crippen LogP contribution in [0.1, 0.15) is 0 Å². The molecule has 0 saturated carbocycles. The number of halogens is 1. The maximum absolute atomic E-state index is 11.7. The predicted molar refractivity (Wildman–Crippen MR) is 65.2 cm³/mol. The summed E-state index contributed by atoms with van der Waals surface area (Å²) in [5.41, 5.74) is -0.451. The molecule has 0 aliphatic carbocycles. The van der Waals surface area contributed by atoms with Crippen LogP contribution >= 0.6 is 11.6 Å². The average molecular weight is 270 g/mol. The zero-order chi connectivity index (χ0) is 13.1. The van der Waals surface area contributed by atoms with Crippen molar-refractivity contribution in [2.45, 2.75) is 0 Å². The molecule has 18 heavy (non-hydrogen) atoms. The molecule has 2 aromatic rings. The molecule has 1 heterocycles. The number of benzene rings is 1. The van der Waals surface area contributed by atoms with Crippen LogP contribution in [0.5, 0.6) is 5.75 Å². The lowest BCUT2D eigenvalue weighted by molar-refractivity contribution is -0.385. The molecule has 94 valence electrons. The number of H-pyrrole nitrogens is 1. The summed E-state index contributed by atoms with van der Waals surface area (Å²) in [5, 5.41) is 11.0. The van der Waals surface area contributed by atoms with Crippen LogP contribution in [-0.2, 0) is 0 Å². The minimum Gasteiger partial charge on any atom is -0.485 e. The topological polar surface area (TPSA) is 98.1 Å². The van der Waals surface area contributed by atoms with Gasteiger partial charge in [-0.05, 0) is 6.07 Å². The van der Waals surface area contributed by atoms with Gasteiger partial charge in [-0.15, -0.1) is 11.6 Å². The highest BCUT2D eigenvalue weighted by molar-refractivity contribution is 6.18. The second-order valence-electron chi connectivity index (χ2n) is 3.33. The van der Waals surface area contributed by atoms with Crippen molar-refractivity contribution in [2.24, 2.45) is 0 Å². The first-order valence-electron chi connectivity index (χ1n) is 4.98. The predicted octanol–water partition coefficient (Wildman–Crippen LogP) is 1.45.